The fourth-order valence-corrected chi connectivity index (χ4v) is 2.73. The molecule has 0 aromatic rings. The van der Waals surface area contributed by atoms with Gasteiger partial charge in [-0.1, -0.05) is 53.9 Å². The number of hydrogen-bond donors (Lipinski definition) is 1. The Labute approximate surface area is 112 Å². The highest BCUT2D eigenvalue weighted by Crippen LogP contribution is 2.27. The Morgan fingerprint density at radius 2 is 2.06 bits per heavy atom. The normalized spacial score (nSPS) is 21.1. The maximum Gasteiger partial charge on any atom is 0.237 e. The van der Waals surface area contributed by atoms with Crippen LogP contribution in [0.1, 0.15) is 60.3 Å². The molecule has 1 heterocycles. The number of carbonyl (C=O) groups excluding carboxylic acids is 1. The molecule has 1 atom stereocenters. The summed E-state index contributed by atoms with van der Waals surface area (Å²) < 4.78 is 0. The Bertz CT molecular complexity index is 274. The SMILES string of the molecule is CCCCCC(C)(C)CN1C(=O)CNC1C(C)C. The summed E-state index contributed by atoms with van der Waals surface area (Å²) in [5.74, 6) is 0.736. The standard InChI is InChI=1S/C15H30N2O/c1-6-7-8-9-15(4,5)11-17-13(18)10-16-14(17)12(2)3/h12,14,16H,6-11H2,1-5H3. The molecule has 1 rings (SSSR count). The average molecular weight is 254 g/mol. The second-order valence-corrected chi connectivity index (χ2v) is 6.71. The maximum atomic E-state index is 12.0. The van der Waals surface area contributed by atoms with E-state index in [1.807, 2.05) is 0 Å². The van der Waals surface area contributed by atoms with E-state index in [4.69, 9.17) is 0 Å². The summed E-state index contributed by atoms with van der Waals surface area (Å²) in [5.41, 5.74) is 0.226. The van der Waals surface area contributed by atoms with Gasteiger partial charge in [0.2, 0.25) is 5.91 Å². The van der Waals surface area contributed by atoms with E-state index >= 15 is 0 Å². The molecule has 18 heavy (non-hydrogen) atoms. The molecule has 0 aromatic carbocycles. The zero-order valence-electron chi connectivity index (χ0n) is 12.8. The molecule has 0 aliphatic carbocycles. The van der Waals surface area contributed by atoms with Crippen molar-refractivity contribution < 1.29 is 4.79 Å². The van der Waals surface area contributed by atoms with Gasteiger partial charge in [-0.15, -0.1) is 0 Å². The summed E-state index contributed by atoms with van der Waals surface area (Å²) in [5, 5.41) is 3.32. The Morgan fingerprint density at radius 3 is 2.61 bits per heavy atom. The molecule has 1 fully saturated rings. The first-order valence-electron chi connectivity index (χ1n) is 7.40. The number of unbranched alkanes of at least 4 members (excludes halogenated alkanes) is 2. The van der Waals surface area contributed by atoms with Gasteiger partial charge in [0.1, 0.15) is 0 Å². The topological polar surface area (TPSA) is 32.3 Å². The molecule has 106 valence electrons. The summed E-state index contributed by atoms with van der Waals surface area (Å²) >= 11 is 0. The highest BCUT2D eigenvalue weighted by Gasteiger charge is 2.35. The fourth-order valence-electron chi connectivity index (χ4n) is 2.73. The van der Waals surface area contributed by atoms with Gasteiger partial charge in [0.05, 0.1) is 12.7 Å². The van der Waals surface area contributed by atoms with Gasteiger partial charge in [-0.05, 0) is 17.8 Å². The lowest BCUT2D eigenvalue weighted by Crippen LogP contribution is -2.45. The lowest BCUT2D eigenvalue weighted by Gasteiger charge is -2.35. The third kappa shape index (κ3) is 4.27. The van der Waals surface area contributed by atoms with E-state index in [1.165, 1.54) is 25.7 Å². The average Bonchev–Trinajstić information content (AvgIpc) is 2.60. The molecule has 1 aliphatic rings. The number of rotatable bonds is 7. The van der Waals surface area contributed by atoms with E-state index < -0.39 is 0 Å². The summed E-state index contributed by atoms with van der Waals surface area (Å²) in [6.07, 6.45) is 5.25. The first kappa shape index (κ1) is 15.5. The van der Waals surface area contributed by atoms with Crippen LogP contribution < -0.4 is 5.32 Å². The zero-order chi connectivity index (χ0) is 13.8. The maximum absolute atomic E-state index is 12.0. The van der Waals surface area contributed by atoms with Crippen molar-refractivity contribution in [2.45, 2.75) is 66.5 Å². The van der Waals surface area contributed by atoms with Crippen molar-refractivity contribution >= 4 is 5.91 Å². The van der Waals surface area contributed by atoms with Crippen LogP contribution in [-0.4, -0.2) is 30.1 Å². The van der Waals surface area contributed by atoms with Crippen LogP contribution in [0.15, 0.2) is 0 Å². The fraction of sp³-hybridized carbons (Fsp3) is 0.933. The summed E-state index contributed by atoms with van der Waals surface area (Å²) in [6.45, 7) is 12.5. The highest BCUT2D eigenvalue weighted by atomic mass is 16.2. The van der Waals surface area contributed by atoms with Crippen molar-refractivity contribution in [1.29, 1.82) is 0 Å². The zero-order valence-corrected chi connectivity index (χ0v) is 12.8. The minimum atomic E-state index is 0.225. The van der Waals surface area contributed by atoms with Crippen LogP contribution in [0.5, 0.6) is 0 Å². The molecule has 1 N–H and O–H groups in total. The van der Waals surface area contributed by atoms with Crippen LogP contribution in [0.3, 0.4) is 0 Å². The molecule has 1 aliphatic heterocycles. The molecule has 3 nitrogen and oxygen atoms in total. The highest BCUT2D eigenvalue weighted by molar-refractivity contribution is 5.80. The van der Waals surface area contributed by atoms with Crippen molar-refractivity contribution in [3.8, 4) is 0 Å². The Hall–Kier alpha value is -0.570. The molecule has 1 saturated heterocycles. The molecule has 0 saturated carbocycles. The minimum Gasteiger partial charge on any atom is -0.325 e. The number of nitrogens with zero attached hydrogens (tertiary/aromatic N) is 1. The van der Waals surface area contributed by atoms with Crippen molar-refractivity contribution in [3.05, 3.63) is 0 Å². The molecule has 0 bridgehead atoms. The van der Waals surface area contributed by atoms with Crippen molar-refractivity contribution in [2.24, 2.45) is 11.3 Å². The van der Waals surface area contributed by atoms with Gasteiger partial charge in [-0.2, -0.15) is 0 Å². The van der Waals surface area contributed by atoms with Crippen molar-refractivity contribution in [2.75, 3.05) is 13.1 Å². The van der Waals surface area contributed by atoms with Gasteiger partial charge in [0.15, 0.2) is 0 Å². The molecule has 0 spiro atoms. The molecular formula is C15H30N2O. The summed E-state index contributed by atoms with van der Waals surface area (Å²) in [4.78, 5) is 14.0. The minimum absolute atomic E-state index is 0.225. The van der Waals surface area contributed by atoms with Crippen molar-refractivity contribution in [1.82, 2.24) is 10.2 Å². The van der Waals surface area contributed by atoms with Gasteiger partial charge in [-0.3, -0.25) is 10.1 Å². The Balaban J connectivity index is 2.54. The van der Waals surface area contributed by atoms with Crippen LogP contribution in [0.4, 0.5) is 0 Å². The summed E-state index contributed by atoms with van der Waals surface area (Å²) in [7, 11) is 0. The quantitative estimate of drug-likeness (QED) is 0.708. The van der Waals surface area contributed by atoms with E-state index in [0.29, 0.717) is 12.5 Å². The van der Waals surface area contributed by atoms with Crippen LogP contribution in [0.25, 0.3) is 0 Å². The number of amides is 1. The first-order chi connectivity index (χ1) is 8.37. The van der Waals surface area contributed by atoms with Crippen LogP contribution >= 0.6 is 0 Å². The predicted molar refractivity (Wildman–Crippen MR) is 76.3 cm³/mol. The summed E-state index contributed by atoms with van der Waals surface area (Å²) in [6, 6.07) is 0. The molecule has 1 unspecified atom stereocenters. The van der Waals surface area contributed by atoms with Gasteiger partial charge in [0, 0.05) is 6.54 Å². The molecule has 0 aromatic heterocycles. The lowest BCUT2D eigenvalue weighted by molar-refractivity contribution is -0.130. The van der Waals surface area contributed by atoms with E-state index in [-0.39, 0.29) is 17.5 Å². The predicted octanol–water partition coefficient (Wildman–Crippen LogP) is 3.01. The van der Waals surface area contributed by atoms with Gasteiger partial charge >= 0.3 is 0 Å². The Morgan fingerprint density at radius 1 is 1.39 bits per heavy atom. The van der Waals surface area contributed by atoms with E-state index in [9.17, 15) is 4.79 Å². The molecular weight excluding hydrogens is 224 g/mol. The second kappa shape index (κ2) is 6.55. The second-order valence-electron chi connectivity index (χ2n) is 6.71. The van der Waals surface area contributed by atoms with E-state index in [2.05, 4.69) is 44.8 Å². The lowest BCUT2D eigenvalue weighted by atomic mass is 9.86. The third-order valence-corrected chi connectivity index (χ3v) is 3.81. The molecule has 0 radical (unpaired) electrons. The van der Waals surface area contributed by atoms with E-state index in [1.54, 1.807) is 0 Å². The Kier molecular flexibility index (Phi) is 5.64. The molecule has 1 amide bonds. The number of carbonyl (C=O) groups is 1. The molecule has 3 heteroatoms. The smallest absolute Gasteiger partial charge is 0.237 e. The van der Waals surface area contributed by atoms with Gasteiger partial charge in [-0.25, -0.2) is 0 Å². The van der Waals surface area contributed by atoms with Crippen molar-refractivity contribution in [3.63, 3.8) is 0 Å². The first-order valence-corrected chi connectivity index (χ1v) is 7.40. The van der Waals surface area contributed by atoms with Crippen LogP contribution in [0, 0.1) is 11.3 Å². The monoisotopic (exact) mass is 254 g/mol. The number of hydrogen-bond acceptors (Lipinski definition) is 2. The number of nitrogens with one attached hydrogen (secondary N) is 1. The van der Waals surface area contributed by atoms with Gasteiger partial charge in [0.25, 0.3) is 0 Å². The third-order valence-electron chi connectivity index (χ3n) is 3.81. The van der Waals surface area contributed by atoms with Gasteiger partial charge < -0.3 is 4.90 Å². The van der Waals surface area contributed by atoms with Crippen LogP contribution in [0.2, 0.25) is 0 Å². The largest absolute Gasteiger partial charge is 0.325 e. The van der Waals surface area contributed by atoms with Crippen LogP contribution in [-0.2, 0) is 4.79 Å². The van der Waals surface area contributed by atoms with E-state index in [0.717, 1.165) is 6.54 Å².